The molecular formula is C14H20O3. The molecule has 1 aliphatic rings. The van der Waals surface area contributed by atoms with Crippen LogP contribution in [0.4, 0.5) is 0 Å². The molecule has 1 saturated heterocycles. The fraction of sp³-hybridized carbons (Fsp3) is 0.571. The van der Waals surface area contributed by atoms with Gasteiger partial charge in [0.2, 0.25) is 0 Å². The monoisotopic (exact) mass is 236 g/mol. The van der Waals surface area contributed by atoms with E-state index in [2.05, 4.69) is 26.0 Å². The molecule has 1 aromatic rings. The van der Waals surface area contributed by atoms with Crippen LogP contribution in [0.1, 0.15) is 18.9 Å². The Morgan fingerprint density at radius 1 is 1.35 bits per heavy atom. The van der Waals surface area contributed by atoms with Crippen molar-refractivity contribution in [3.8, 4) is 5.75 Å². The average molecular weight is 236 g/mol. The second-order valence-electron chi connectivity index (χ2n) is 4.45. The van der Waals surface area contributed by atoms with Crippen LogP contribution >= 0.6 is 0 Å². The van der Waals surface area contributed by atoms with Gasteiger partial charge < -0.3 is 14.2 Å². The van der Waals surface area contributed by atoms with E-state index in [-0.39, 0.29) is 6.10 Å². The van der Waals surface area contributed by atoms with Crippen LogP contribution in [0, 0.1) is 6.92 Å². The summed E-state index contributed by atoms with van der Waals surface area (Å²) in [6, 6.07) is 8.12. The van der Waals surface area contributed by atoms with Gasteiger partial charge in [-0.25, -0.2) is 0 Å². The first-order valence-electron chi connectivity index (χ1n) is 6.20. The van der Waals surface area contributed by atoms with Gasteiger partial charge >= 0.3 is 0 Å². The molecule has 0 radical (unpaired) electrons. The molecule has 3 heteroatoms. The quantitative estimate of drug-likeness (QED) is 0.682. The number of hydrogen-bond acceptors (Lipinski definition) is 3. The van der Waals surface area contributed by atoms with E-state index in [0.717, 1.165) is 18.8 Å². The van der Waals surface area contributed by atoms with Gasteiger partial charge in [0, 0.05) is 0 Å². The van der Waals surface area contributed by atoms with Gasteiger partial charge in [0.25, 0.3) is 0 Å². The molecule has 0 aromatic heterocycles. The van der Waals surface area contributed by atoms with Gasteiger partial charge in [-0.2, -0.15) is 0 Å². The fourth-order valence-electron chi connectivity index (χ4n) is 1.54. The average Bonchev–Trinajstić information content (AvgIpc) is 3.14. The molecule has 0 saturated carbocycles. The normalized spacial score (nSPS) is 20.0. The van der Waals surface area contributed by atoms with Crippen LogP contribution < -0.4 is 4.74 Å². The van der Waals surface area contributed by atoms with E-state index in [9.17, 15) is 0 Å². The highest BCUT2D eigenvalue weighted by atomic mass is 16.6. The minimum atomic E-state index is 0.122. The summed E-state index contributed by atoms with van der Waals surface area (Å²) < 4.78 is 16.5. The summed E-state index contributed by atoms with van der Waals surface area (Å²) in [6.07, 6.45) is 1.39. The minimum absolute atomic E-state index is 0.122. The third-order valence-electron chi connectivity index (χ3n) is 2.79. The maximum Gasteiger partial charge on any atom is 0.122 e. The lowest BCUT2D eigenvalue weighted by Gasteiger charge is -2.17. The first-order valence-corrected chi connectivity index (χ1v) is 6.20. The second-order valence-corrected chi connectivity index (χ2v) is 4.45. The van der Waals surface area contributed by atoms with E-state index in [4.69, 9.17) is 14.2 Å². The van der Waals surface area contributed by atoms with Gasteiger partial charge in [-0.05, 0) is 25.5 Å². The zero-order chi connectivity index (χ0) is 12.1. The molecule has 0 bridgehead atoms. The minimum Gasteiger partial charge on any atom is -0.488 e. The SMILES string of the molecule is CCC(COCC1CO1)Oc1ccc(C)cc1. The number of aryl methyl sites for hydroxylation is 1. The smallest absolute Gasteiger partial charge is 0.122 e. The zero-order valence-corrected chi connectivity index (χ0v) is 10.5. The van der Waals surface area contributed by atoms with Crippen molar-refractivity contribution >= 4 is 0 Å². The first-order chi connectivity index (χ1) is 8.28. The molecule has 2 unspecified atom stereocenters. The van der Waals surface area contributed by atoms with Crippen molar-refractivity contribution in [1.29, 1.82) is 0 Å². The van der Waals surface area contributed by atoms with Crippen LogP contribution in [0.3, 0.4) is 0 Å². The summed E-state index contributed by atoms with van der Waals surface area (Å²) in [5.41, 5.74) is 1.24. The van der Waals surface area contributed by atoms with Crippen LogP contribution in [0.25, 0.3) is 0 Å². The van der Waals surface area contributed by atoms with Crippen LogP contribution in [0.2, 0.25) is 0 Å². The van der Waals surface area contributed by atoms with E-state index in [1.54, 1.807) is 0 Å². The number of ether oxygens (including phenoxy) is 3. The molecule has 2 atom stereocenters. The Kier molecular flexibility index (Phi) is 4.40. The molecule has 94 valence electrons. The van der Waals surface area contributed by atoms with Gasteiger partial charge in [-0.15, -0.1) is 0 Å². The van der Waals surface area contributed by atoms with Crippen LogP contribution in [0.5, 0.6) is 5.75 Å². The third-order valence-corrected chi connectivity index (χ3v) is 2.79. The molecule has 17 heavy (non-hydrogen) atoms. The van der Waals surface area contributed by atoms with Crippen molar-refractivity contribution in [3.63, 3.8) is 0 Å². The Morgan fingerprint density at radius 3 is 2.65 bits per heavy atom. The van der Waals surface area contributed by atoms with Crippen LogP contribution in [-0.2, 0) is 9.47 Å². The predicted octanol–water partition coefficient (Wildman–Crippen LogP) is 2.57. The standard InChI is InChI=1S/C14H20O3/c1-3-12(8-15-9-14-10-16-14)17-13-6-4-11(2)5-7-13/h4-7,12,14H,3,8-10H2,1-2H3. The maximum absolute atomic E-state index is 5.86. The summed E-state index contributed by atoms with van der Waals surface area (Å²) in [7, 11) is 0. The summed E-state index contributed by atoms with van der Waals surface area (Å²) in [5.74, 6) is 0.911. The summed E-state index contributed by atoms with van der Waals surface area (Å²) in [4.78, 5) is 0. The van der Waals surface area contributed by atoms with Crippen LogP contribution in [-0.4, -0.2) is 32.0 Å². The highest BCUT2D eigenvalue weighted by Gasteiger charge is 2.22. The Labute approximate surface area is 103 Å². The Morgan fingerprint density at radius 2 is 2.06 bits per heavy atom. The predicted molar refractivity (Wildman–Crippen MR) is 66.4 cm³/mol. The van der Waals surface area contributed by atoms with Gasteiger partial charge in [-0.3, -0.25) is 0 Å². The van der Waals surface area contributed by atoms with Crippen molar-refractivity contribution < 1.29 is 14.2 Å². The number of epoxide rings is 1. The van der Waals surface area contributed by atoms with Crippen molar-refractivity contribution in [2.75, 3.05) is 19.8 Å². The van der Waals surface area contributed by atoms with E-state index in [1.807, 2.05) is 12.1 Å². The highest BCUT2D eigenvalue weighted by Crippen LogP contribution is 2.15. The Hall–Kier alpha value is -1.06. The number of rotatable bonds is 7. The van der Waals surface area contributed by atoms with Crippen molar-refractivity contribution in [2.45, 2.75) is 32.5 Å². The molecule has 0 aliphatic carbocycles. The molecule has 3 nitrogen and oxygen atoms in total. The lowest BCUT2D eigenvalue weighted by Crippen LogP contribution is -2.23. The van der Waals surface area contributed by atoms with Crippen molar-refractivity contribution in [2.24, 2.45) is 0 Å². The van der Waals surface area contributed by atoms with E-state index >= 15 is 0 Å². The third kappa shape index (κ3) is 4.36. The number of hydrogen-bond donors (Lipinski definition) is 0. The fourth-order valence-corrected chi connectivity index (χ4v) is 1.54. The van der Waals surface area contributed by atoms with Gasteiger partial charge in [0.1, 0.15) is 18.0 Å². The summed E-state index contributed by atoms with van der Waals surface area (Å²) in [6.45, 7) is 6.34. The van der Waals surface area contributed by atoms with Crippen LogP contribution in [0.15, 0.2) is 24.3 Å². The molecule has 1 aliphatic heterocycles. The molecule has 1 aromatic carbocycles. The Balaban J connectivity index is 1.74. The molecule has 1 heterocycles. The first kappa shape index (κ1) is 12.4. The molecule has 1 fully saturated rings. The summed E-state index contributed by atoms with van der Waals surface area (Å²) >= 11 is 0. The largest absolute Gasteiger partial charge is 0.488 e. The Bertz CT molecular complexity index is 330. The molecular weight excluding hydrogens is 216 g/mol. The van der Waals surface area contributed by atoms with E-state index in [1.165, 1.54) is 5.56 Å². The molecule has 0 spiro atoms. The lowest BCUT2D eigenvalue weighted by atomic mass is 10.2. The van der Waals surface area contributed by atoms with Crippen molar-refractivity contribution in [3.05, 3.63) is 29.8 Å². The highest BCUT2D eigenvalue weighted by molar-refractivity contribution is 5.26. The van der Waals surface area contributed by atoms with Gasteiger partial charge in [0.15, 0.2) is 0 Å². The van der Waals surface area contributed by atoms with Crippen molar-refractivity contribution in [1.82, 2.24) is 0 Å². The number of benzene rings is 1. The second kappa shape index (κ2) is 6.03. The zero-order valence-electron chi connectivity index (χ0n) is 10.5. The topological polar surface area (TPSA) is 31.0 Å². The molecule has 0 amide bonds. The molecule has 0 N–H and O–H groups in total. The molecule has 2 rings (SSSR count). The maximum atomic E-state index is 5.86. The lowest BCUT2D eigenvalue weighted by molar-refractivity contribution is 0.0410. The van der Waals surface area contributed by atoms with E-state index < -0.39 is 0 Å². The van der Waals surface area contributed by atoms with E-state index in [0.29, 0.717) is 19.3 Å². The van der Waals surface area contributed by atoms with Gasteiger partial charge in [-0.1, -0.05) is 24.6 Å². The summed E-state index contributed by atoms with van der Waals surface area (Å²) in [5, 5.41) is 0. The van der Waals surface area contributed by atoms with Gasteiger partial charge in [0.05, 0.1) is 19.8 Å².